The van der Waals surface area contributed by atoms with Gasteiger partial charge in [0.05, 0.1) is 14.2 Å². The normalized spacial score (nSPS) is 16.6. The lowest BCUT2D eigenvalue weighted by molar-refractivity contribution is 0.213. The molecule has 0 bridgehead atoms. The molecule has 1 heterocycles. The van der Waals surface area contributed by atoms with Crippen LogP contribution in [-0.4, -0.2) is 37.4 Å². The van der Waals surface area contributed by atoms with E-state index < -0.39 is 0 Å². The summed E-state index contributed by atoms with van der Waals surface area (Å²) in [5.74, 6) is 2.39. The molecule has 1 unspecified atom stereocenters. The third kappa shape index (κ3) is 3.85. The Morgan fingerprint density at radius 1 is 1.20 bits per heavy atom. The number of hydrogen-bond acceptors (Lipinski definition) is 4. The van der Waals surface area contributed by atoms with Crippen LogP contribution in [0.25, 0.3) is 0 Å². The van der Waals surface area contributed by atoms with Crippen molar-refractivity contribution in [1.29, 1.82) is 0 Å². The van der Waals surface area contributed by atoms with Crippen molar-refractivity contribution >= 4 is 23.5 Å². The predicted molar refractivity (Wildman–Crippen MR) is 102 cm³/mol. The Bertz CT molecular complexity index is 766. The maximum atomic E-state index is 12.8. The Labute approximate surface area is 152 Å². The predicted octanol–water partition coefficient (Wildman–Crippen LogP) is 4.29. The van der Waals surface area contributed by atoms with E-state index in [1.165, 1.54) is 0 Å². The summed E-state index contributed by atoms with van der Waals surface area (Å²) in [7, 11) is 3.28. The first-order chi connectivity index (χ1) is 12.1. The van der Waals surface area contributed by atoms with Crippen LogP contribution in [0.1, 0.15) is 16.5 Å². The number of rotatable bonds is 4. The second-order valence-electron chi connectivity index (χ2n) is 5.82. The first kappa shape index (κ1) is 17.5. The Hall–Kier alpha value is -2.34. The van der Waals surface area contributed by atoms with Crippen molar-refractivity contribution in [3.05, 3.63) is 53.6 Å². The van der Waals surface area contributed by atoms with Gasteiger partial charge in [-0.3, -0.25) is 0 Å². The fourth-order valence-corrected chi connectivity index (χ4v) is 4.16. The van der Waals surface area contributed by atoms with Crippen molar-refractivity contribution in [2.75, 3.05) is 31.8 Å². The van der Waals surface area contributed by atoms with E-state index in [9.17, 15) is 4.79 Å². The average molecular weight is 358 g/mol. The molecular weight excluding hydrogens is 336 g/mol. The van der Waals surface area contributed by atoms with Crippen LogP contribution < -0.4 is 14.8 Å². The minimum absolute atomic E-state index is 0.102. The van der Waals surface area contributed by atoms with E-state index in [4.69, 9.17) is 9.47 Å². The van der Waals surface area contributed by atoms with Crippen LogP contribution in [0.5, 0.6) is 11.5 Å². The molecule has 2 amide bonds. The van der Waals surface area contributed by atoms with Gasteiger partial charge in [0, 0.05) is 23.5 Å². The van der Waals surface area contributed by atoms with E-state index in [0.29, 0.717) is 6.54 Å². The number of carbonyl (C=O) groups is 1. The molecule has 2 aromatic carbocycles. The Kier molecular flexibility index (Phi) is 5.38. The maximum Gasteiger partial charge on any atom is 0.323 e. The average Bonchev–Trinajstić information content (AvgIpc) is 3.11. The monoisotopic (exact) mass is 358 g/mol. The summed E-state index contributed by atoms with van der Waals surface area (Å²) in [6.07, 6.45) is 0. The first-order valence-electron chi connectivity index (χ1n) is 8.10. The Morgan fingerprint density at radius 2 is 2.04 bits per heavy atom. The van der Waals surface area contributed by atoms with E-state index in [2.05, 4.69) is 5.32 Å². The van der Waals surface area contributed by atoms with Gasteiger partial charge in [-0.05, 0) is 42.8 Å². The van der Waals surface area contributed by atoms with Crippen molar-refractivity contribution in [3.63, 3.8) is 0 Å². The van der Waals surface area contributed by atoms with Crippen molar-refractivity contribution in [1.82, 2.24) is 4.90 Å². The van der Waals surface area contributed by atoms with Gasteiger partial charge in [0.1, 0.15) is 16.9 Å². The number of aryl methyl sites for hydroxylation is 1. The van der Waals surface area contributed by atoms with Crippen LogP contribution in [-0.2, 0) is 0 Å². The minimum Gasteiger partial charge on any atom is -0.497 e. The Balaban J connectivity index is 1.84. The van der Waals surface area contributed by atoms with Crippen LogP contribution in [0, 0.1) is 6.92 Å². The number of benzene rings is 2. The maximum absolute atomic E-state index is 12.8. The molecule has 5 nitrogen and oxygen atoms in total. The van der Waals surface area contributed by atoms with Gasteiger partial charge in [0.25, 0.3) is 0 Å². The van der Waals surface area contributed by atoms with Crippen molar-refractivity contribution in [2.45, 2.75) is 12.3 Å². The zero-order valence-corrected chi connectivity index (χ0v) is 15.4. The smallest absolute Gasteiger partial charge is 0.323 e. The van der Waals surface area contributed by atoms with Gasteiger partial charge < -0.3 is 19.7 Å². The van der Waals surface area contributed by atoms with E-state index in [1.807, 2.05) is 54.3 Å². The van der Waals surface area contributed by atoms with Crippen molar-refractivity contribution in [3.8, 4) is 11.5 Å². The fourth-order valence-electron chi connectivity index (χ4n) is 2.89. The van der Waals surface area contributed by atoms with Crippen LogP contribution >= 0.6 is 11.8 Å². The number of anilines is 1. The van der Waals surface area contributed by atoms with Gasteiger partial charge >= 0.3 is 6.03 Å². The van der Waals surface area contributed by atoms with Gasteiger partial charge in [-0.25, -0.2) is 4.79 Å². The van der Waals surface area contributed by atoms with Crippen LogP contribution in [0.15, 0.2) is 42.5 Å². The topological polar surface area (TPSA) is 50.8 Å². The van der Waals surface area contributed by atoms with Gasteiger partial charge in [0.15, 0.2) is 0 Å². The largest absolute Gasteiger partial charge is 0.497 e. The molecule has 1 saturated heterocycles. The second-order valence-corrected chi connectivity index (χ2v) is 7.01. The molecule has 0 saturated carbocycles. The van der Waals surface area contributed by atoms with Crippen LogP contribution in [0.2, 0.25) is 0 Å². The van der Waals surface area contributed by atoms with Crippen LogP contribution in [0.4, 0.5) is 10.5 Å². The highest BCUT2D eigenvalue weighted by Crippen LogP contribution is 2.43. The molecule has 1 aliphatic rings. The molecule has 132 valence electrons. The molecule has 0 aliphatic carbocycles. The number of nitrogens with zero attached hydrogens (tertiary/aromatic N) is 1. The molecule has 25 heavy (non-hydrogen) atoms. The molecule has 6 heteroatoms. The van der Waals surface area contributed by atoms with E-state index in [-0.39, 0.29) is 11.4 Å². The molecule has 1 aliphatic heterocycles. The summed E-state index contributed by atoms with van der Waals surface area (Å²) in [5, 5.41) is 2.89. The molecule has 0 radical (unpaired) electrons. The molecule has 1 N–H and O–H groups in total. The summed E-state index contributed by atoms with van der Waals surface area (Å²) in [4.78, 5) is 14.6. The lowest BCUT2D eigenvalue weighted by Crippen LogP contribution is -2.34. The quantitative estimate of drug-likeness (QED) is 0.886. The number of amides is 2. The molecule has 1 atom stereocenters. The highest BCUT2D eigenvalue weighted by atomic mass is 32.2. The number of carbonyl (C=O) groups excluding carboxylic acids is 1. The lowest BCUT2D eigenvalue weighted by Gasteiger charge is -2.26. The first-order valence-corrected chi connectivity index (χ1v) is 9.15. The van der Waals surface area contributed by atoms with Gasteiger partial charge in [-0.15, -0.1) is 11.8 Å². The third-order valence-corrected chi connectivity index (χ3v) is 5.37. The van der Waals surface area contributed by atoms with Gasteiger partial charge in [-0.1, -0.05) is 12.1 Å². The number of urea groups is 1. The molecule has 3 rings (SSSR count). The minimum atomic E-state index is -0.106. The molecule has 0 spiro atoms. The standard InChI is InChI=1S/C19H22N2O3S/c1-13-5-4-6-14(11-13)20-19(22)21-9-10-25-18(21)16-12-15(23-2)7-8-17(16)24-3/h4-8,11-12,18H,9-10H2,1-3H3,(H,20,22). The molecular formula is C19H22N2O3S. The van der Waals surface area contributed by atoms with Gasteiger partial charge in [0.2, 0.25) is 0 Å². The highest BCUT2D eigenvalue weighted by Gasteiger charge is 2.33. The zero-order valence-electron chi connectivity index (χ0n) is 14.6. The van der Waals surface area contributed by atoms with Crippen molar-refractivity contribution in [2.24, 2.45) is 0 Å². The number of thioether (sulfide) groups is 1. The summed E-state index contributed by atoms with van der Waals surface area (Å²) in [6, 6.07) is 13.4. The molecule has 1 fully saturated rings. The summed E-state index contributed by atoms with van der Waals surface area (Å²) in [5.41, 5.74) is 2.86. The molecule has 2 aromatic rings. The summed E-state index contributed by atoms with van der Waals surface area (Å²) < 4.78 is 10.8. The third-order valence-electron chi connectivity index (χ3n) is 4.12. The van der Waals surface area contributed by atoms with E-state index >= 15 is 0 Å². The number of ether oxygens (including phenoxy) is 2. The zero-order chi connectivity index (χ0) is 17.8. The summed E-state index contributed by atoms with van der Waals surface area (Å²) >= 11 is 1.72. The second kappa shape index (κ2) is 7.70. The summed E-state index contributed by atoms with van der Waals surface area (Å²) in [6.45, 7) is 2.69. The fraction of sp³-hybridized carbons (Fsp3) is 0.316. The number of methoxy groups -OCH3 is 2. The number of hydrogen-bond donors (Lipinski definition) is 1. The van der Waals surface area contributed by atoms with Gasteiger partial charge in [-0.2, -0.15) is 0 Å². The van der Waals surface area contributed by atoms with E-state index in [1.54, 1.807) is 26.0 Å². The van der Waals surface area contributed by atoms with Crippen LogP contribution in [0.3, 0.4) is 0 Å². The highest BCUT2D eigenvalue weighted by molar-refractivity contribution is 7.99. The van der Waals surface area contributed by atoms with Crippen molar-refractivity contribution < 1.29 is 14.3 Å². The van der Waals surface area contributed by atoms with E-state index in [0.717, 1.165) is 34.1 Å². The number of nitrogens with one attached hydrogen (secondary N) is 1. The molecule has 0 aromatic heterocycles. The SMILES string of the molecule is COc1ccc(OC)c(C2SCCN2C(=O)Nc2cccc(C)c2)c1. The Morgan fingerprint density at radius 3 is 2.76 bits per heavy atom. The lowest BCUT2D eigenvalue weighted by atomic mass is 10.1.